The standard InChI is InChI=1S/C19H23FN2O2/c1-19(21,15-7-4-3-5-8-15)18(23)22(2)13-6-14-24-17-11-9-16(20)10-12-17/h3-5,7-12H,6,13-14,21H2,1-2H3. The van der Waals surface area contributed by atoms with E-state index in [-0.39, 0.29) is 11.7 Å². The molecular formula is C19H23FN2O2. The molecule has 0 aliphatic rings. The van der Waals surface area contributed by atoms with Gasteiger partial charge in [-0.2, -0.15) is 0 Å². The molecule has 0 aliphatic carbocycles. The number of halogens is 1. The fourth-order valence-electron chi connectivity index (χ4n) is 2.43. The summed E-state index contributed by atoms with van der Waals surface area (Å²) < 4.78 is 18.3. The van der Waals surface area contributed by atoms with Crippen LogP contribution in [0.15, 0.2) is 54.6 Å². The van der Waals surface area contributed by atoms with E-state index in [0.29, 0.717) is 25.3 Å². The fraction of sp³-hybridized carbons (Fsp3) is 0.316. The second-order valence-electron chi connectivity index (χ2n) is 5.95. The van der Waals surface area contributed by atoms with E-state index >= 15 is 0 Å². The van der Waals surface area contributed by atoms with Crippen molar-refractivity contribution in [3.8, 4) is 5.75 Å². The molecule has 1 unspecified atom stereocenters. The molecule has 128 valence electrons. The van der Waals surface area contributed by atoms with Crippen molar-refractivity contribution in [1.29, 1.82) is 0 Å². The van der Waals surface area contributed by atoms with Crippen molar-refractivity contribution >= 4 is 5.91 Å². The van der Waals surface area contributed by atoms with E-state index in [9.17, 15) is 9.18 Å². The van der Waals surface area contributed by atoms with Gasteiger partial charge in [0.2, 0.25) is 5.91 Å². The minimum Gasteiger partial charge on any atom is -0.494 e. The number of hydrogen-bond acceptors (Lipinski definition) is 3. The van der Waals surface area contributed by atoms with Crippen molar-refractivity contribution in [2.75, 3.05) is 20.2 Å². The minimum atomic E-state index is -1.06. The summed E-state index contributed by atoms with van der Waals surface area (Å²) in [5.74, 6) is 0.171. The monoisotopic (exact) mass is 330 g/mol. The molecule has 2 aromatic carbocycles. The molecule has 0 fully saturated rings. The largest absolute Gasteiger partial charge is 0.494 e. The van der Waals surface area contributed by atoms with Crippen LogP contribution in [0.5, 0.6) is 5.75 Å². The van der Waals surface area contributed by atoms with E-state index in [1.54, 1.807) is 31.0 Å². The fourth-order valence-corrected chi connectivity index (χ4v) is 2.43. The average Bonchev–Trinajstić information content (AvgIpc) is 2.60. The van der Waals surface area contributed by atoms with Gasteiger partial charge in [0, 0.05) is 13.6 Å². The Morgan fingerprint density at radius 3 is 2.42 bits per heavy atom. The predicted octanol–water partition coefficient (Wildman–Crippen LogP) is 2.93. The molecule has 1 amide bonds. The molecule has 0 radical (unpaired) electrons. The number of carbonyl (C=O) groups is 1. The Morgan fingerprint density at radius 2 is 1.79 bits per heavy atom. The summed E-state index contributed by atoms with van der Waals surface area (Å²) in [6.45, 7) is 2.69. The summed E-state index contributed by atoms with van der Waals surface area (Å²) in [5.41, 5.74) is 5.95. The Balaban J connectivity index is 1.82. The van der Waals surface area contributed by atoms with Gasteiger partial charge in [-0.1, -0.05) is 30.3 Å². The average molecular weight is 330 g/mol. The second-order valence-corrected chi connectivity index (χ2v) is 5.95. The second kappa shape index (κ2) is 7.93. The predicted molar refractivity (Wildman–Crippen MR) is 92.1 cm³/mol. The van der Waals surface area contributed by atoms with Crippen LogP contribution in [0.3, 0.4) is 0 Å². The molecule has 0 heterocycles. The molecule has 2 rings (SSSR count). The SMILES string of the molecule is CN(CCCOc1ccc(F)cc1)C(=O)C(C)(N)c1ccccc1. The molecule has 2 N–H and O–H groups in total. The highest BCUT2D eigenvalue weighted by Gasteiger charge is 2.32. The van der Waals surface area contributed by atoms with Gasteiger partial charge in [0.05, 0.1) is 6.61 Å². The smallest absolute Gasteiger partial charge is 0.246 e. The first kappa shape index (κ1) is 17.9. The lowest BCUT2D eigenvalue weighted by Crippen LogP contribution is -2.50. The minimum absolute atomic E-state index is 0.143. The highest BCUT2D eigenvalue weighted by atomic mass is 19.1. The third-order valence-electron chi connectivity index (χ3n) is 3.88. The first-order chi connectivity index (χ1) is 11.4. The molecule has 2 aromatic rings. The Morgan fingerprint density at radius 1 is 1.17 bits per heavy atom. The highest BCUT2D eigenvalue weighted by Crippen LogP contribution is 2.20. The Hall–Kier alpha value is -2.40. The molecule has 24 heavy (non-hydrogen) atoms. The highest BCUT2D eigenvalue weighted by molar-refractivity contribution is 5.86. The number of carbonyl (C=O) groups excluding carboxylic acids is 1. The summed E-state index contributed by atoms with van der Waals surface area (Å²) in [5, 5.41) is 0. The summed E-state index contributed by atoms with van der Waals surface area (Å²) >= 11 is 0. The van der Waals surface area contributed by atoms with Crippen molar-refractivity contribution in [3.05, 3.63) is 66.0 Å². The van der Waals surface area contributed by atoms with Gasteiger partial charge in [0.1, 0.15) is 17.1 Å². The number of nitrogens with zero attached hydrogens (tertiary/aromatic N) is 1. The summed E-state index contributed by atoms with van der Waals surface area (Å²) in [6, 6.07) is 15.2. The Kier molecular flexibility index (Phi) is 5.93. The van der Waals surface area contributed by atoms with Crippen LogP contribution in [0.25, 0.3) is 0 Å². The Labute approximate surface area is 142 Å². The van der Waals surface area contributed by atoms with Crippen molar-refractivity contribution in [2.24, 2.45) is 5.73 Å². The first-order valence-corrected chi connectivity index (χ1v) is 7.89. The van der Waals surface area contributed by atoms with Gasteiger partial charge in [-0.3, -0.25) is 4.79 Å². The molecule has 4 nitrogen and oxygen atoms in total. The van der Waals surface area contributed by atoms with Gasteiger partial charge >= 0.3 is 0 Å². The zero-order chi connectivity index (χ0) is 17.6. The van der Waals surface area contributed by atoms with Crippen LogP contribution < -0.4 is 10.5 Å². The van der Waals surface area contributed by atoms with Crippen molar-refractivity contribution in [2.45, 2.75) is 18.9 Å². The number of ether oxygens (including phenoxy) is 1. The molecule has 5 heteroatoms. The molecule has 0 saturated heterocycles. The zero-order valence-electron chi connectivity index (χ0n) is 14.0. The Bertz CT molecular complexity index is 657. The lowest BCUT2D eigenvalue weighted by Gasteiger charge is -2.29. The van der Waals surface area contributed by atoms with E-state index in [2.05, 4.69) is 0 Å². The van der Waals surface area contributed by atoms with Crippen LogP contribution in [0, 0.1) is 5.82 Å². The maximum Gasteiger partial charge on any atom is 0.246 e. The maximum absolute atomic E-state index is 12.8. The van der Waals surface area contributed by atoms with E-state index in [1.807, 2.05) is 30.3 Å². The lowest BCUT2D eigenvalue weighted by atomic mass is 9.92. The van der Waals surface area contributed by atoms with Crippen molar-refractivity contribution in [1.82, 2.24) is 4.90 Å². The van der Waals surface area contributed by atoms with E-state index in [4.69, 9.17) is 10.5 Å². The lowest BCUT2D eigenvalue weighted by molar-refractivity contribution is -0.135. The van der Waals surface area contributed by atoms with E-state index in [1.165, 1.54) is 12.1 Å². The molecule has 1 atom stereocenters. The normalized spacial score (nSPS) is 13.2. The zero-order valence-corrected chi connectivity index (χ0v) is 14.0. The van der Waals surface area contributed by atoms with Crippen molar-refractivity contribution in [3.63, 3.8) is 0 Å². The molecule has 0 aliphatic heterocycles. The molecule has 0 bridgehead atoms. The van der Waals surface area contributed by atoms with Gasteiger partial charge < -0.3 is 15.4 Å². The number of nitrogens with two attached hydrogens (primary N) is 1. The van der Waals surface area contributed by atoms with Gasteiger partial charge in [-0.15, -0.1) is 0 Å². The number of rotatable bonds is 7. The van der Waals surface area contributed by atoms with Gasteiger partial charge in [-0.25, -0.2) is 4.39 Å². The summed E-state index contributed by atoms with van der Waals surface area (Å²) in [6.07, 6.45) is 0.657. The van der Waals surface area contributed by atoms with Gasteiger partial charge in [0.15, 0.2) is 0 Å². The van der Waals surface area contributed by atoms with Crippen LogP contribution in [-0.4, -0.2) is 31.0 Å². The molecule has 0 aromatic heterocycles. The van der Waals surface area contributed by atoms with Crippen LogP contribution in [-0.2, 0) is 10.3 Å². The molecule has 0 saturated carbocycles. The van der Waals surface area contributed by atoms with Crippen LogP contribution >= 0.6 is 0 Å². The van der Waals surface area contributed by atoms with Crippen LogP contribution in [0.4, 0.5) is 4.39 Å². The van der Waals surface area contributed by atoms with Gasteiger partial charge in [-0.05, 0) is 43.2 Å². The quantitative estimate of drug-likeness (QED) is 0.794. The maximum atomic E-state index is 12.8. The number of likely N-dealkylation sites (N-methyl/N-ethyl adjacent to an activating group) is 1. The number of amides is 1. The van der Waals surface area contributed by atoms with Gasteiger partial charge in [0.25, 0.3) is 0 Å². The van der Waals surface area contributed by atoms with Crippen LogP contribution in [0.2, 0.25) is 0 Å². The van der Waals surface area contributed by atoms with E-state index in [0.717, 1.165) is 5.56 Å². The third-order valence-corrected chi connectivity index (χ3v) is 3.88. The molecular weight excluding hydrogens is 307 g/mol. The summed E-state index contributed by atoms with van der Waals surface area (Å²) in [7, 11) is 1.73. The topological polar surface area (TPSA) is 55.6 Å². The first-order valence-electron chi connectivity index (χ1n) is 7.89. The summed E-state index contributed by atoms with van der Waals surface area (Å²) in [4.78, 5) is 14.2. The van der Waals surface area contributed by atoms with Crippen LogP contribution in [0.1, 0.15) is 18.9 Å². The van der Waals surface area contributed by atoms with Crippen molar-refractivity contribution < 1.29 is 13.9 Å². The number of benzene rings is 2. The third kappa shape index (κ3) is 4.55. The number of hydrogen-bond donors (Lipinski definition) is 1. The van der Waals surface area contributed by atoms with E-state index < -0.39 is 5.54 Å². The molecule has 0 spiro atoms.